The number of rotatable bonds is 4. The fourth-order valence-electron chi connectivity index (χ4n) is 3.21. The van der Waals surface area contributed by atoms with Gasteiger partial charge in [-0.05, 0) is 44.2 Å². The molecule has 0 aliphatic carbocycles. The Hall–Kier alpha value is -2.92. The van der Waals surface area contributed by atoms with E-state index in [1.807, 2.05) is 74.5 Å². The van der Waals surface area contributed by atoms with Gasteiger partial charge in [0.05, 0.1) is 22.3 Å². The van der Waals surface area contributed by atoms with Gasteiger partial charge in [0, 0.05) is 17.1 Å². The summed E-state index contributed by atoms with van der Waals surface area (Å²) in [6.45, 7) is 4.43. The van der Waals surface area contributed by atoms with E-state index in [-0.39, 0.29) is 5.91 Å². The zero-order chi connectivity index (χ0) is 18.1. The second-order valence-electron chi connectivity index (χ2n) is 6.21. The molecule has 0 atom stereocenters. The van der Waals surface area contributed by atoms with E-state index in [0.717, 1.165) is 32.3 Å². The lowest BCUT2D eigenvalue weighted by Crippen LogP contribution is -2.23. The highest BCUT2D eigenvalue weighted by molar-refractivity contribution is 7.18. The van der Waals surface area contributed by atoms with Gasteiger partial charge in [0.1, 0.15) is 5.01 Å². The van der Waals surface area contributed by atoms with Crippen molar-refractivity contribution in [3.63, 3.8) is 0 Å². The lowest BCUT2D eigenvalue weighted by Gasteiger charge is -2.09. The topological polar surface area (TPSA) is 46.9 Å². The molecule has 4 rings (SSSR count). The predicted molar refractivity (Wildman–Crippen MR) is 106 cm³/mol. The van der Waals surface area contributed by atoms with Crippen molar-refractivity contribution in [1.29, 1.82) is 0 Å². The van der Waals surface area contributed by atoms with Gasteiger partial charge in [0.25, 0.3) is 5.91 Å². The fourth-order valence-corrected chi connectivity index (χ4v) is 4.12. The Balaban J connectivity index is 1.55. The molecule has 2 aromatic heterocycles. The zero-order valence-corrected chi connectivity index (χ0v) is 15.5. The van der Waals surface area contributed by atoms with Crippen molar-refractivity contribution in [2.45, 2.75) is 20.4 Å². The summed E-state index contributed by atoms with van der Waals surface area (Å²) in [5, 5.41) is 3.92. The summed E-state index contributed by atoms with van der Waals surface area (Å²) in [5.74, 6) is -0.0699. The van der Waals surface area contributed by atoms with Crippen molar-refractivity contribution in [3.05, 3.63) is 82.6 Å². The average Bonchev–Trinajstić information content (AvgIpc) is 3.20. The van der Waals surface area contributed by atoms with E-state index in [4.69, 9.17) is 0 Å². The number of carbonyl (C=O) groups is 1. The Morgan fingerprint density at radius 2 is 1.81 bits per heavy atom. The third-order valence-corrected chi connectivity index (χ3v) is 5.46. The molecule has 0 saturated carbocycles. The van der Waals surface area contributed by atoms with Crippen LogP contribution in [0.3, 0.4) is 0 Å². The maximum absolute atomic E-state index is 12.7. The first-order chi connectivity index (χ1) is 12.6. The minimum absolute atomic E-state index is 0.0699. The molecule has 5 heteroatoms. The van der Waals surface area contributed by atoms with Crippen LogP contribution in [-0.4, -0.2) is 15.5 Å². The van der Waals surface area contributed by atoms with Crippen LogP contribution in [0.15, 0.2) is 60.7 Å². The molecule has 4 nitrogen and oxygen atoms in total. The summed E-state index contributed by atoms with van der Waals surface area (Å²) in [4.78, 5) is 17.3. The molecule has 0 aliphatic heterocycles. The highest BCUT2D eigenvalue weighted by atomic mass is 32.1. The third kappa shape index (κ3) is 3.02. The van der Waals surface area contributed by atoms with Crippen molar-refractivity contribution < 1.29 is 4.79 Å². The van der Waals surface area contributed by atoms with Gasteiger partial charge in [0.2, 0.25) is 0 Å². The standard InChI is InChI=1S/C21H19N3OS/c1-14-12-17(15(2)24(14)16-8-4-3-5-9-16)21(25)22-13-20-23-18-10-6-7-11-19(18)26-20/h3-12H,13H2,1-2H3,(H,22,25). The highest BCUT2D eigenvalue weighted by Crippen LogP contribution is 2.23. The average molecular weight is 361 g/mol. The van der Waals surface area contributed by atoms with Gasteiger partial charge in [0.15, 0.2) is 0 Å². The molecule has 4 aromatic rings. The number of hydrogen-bond acceptors (Lipinski definition) is 3. The van der Waals surface area contributed by atoms with Gasteiger partial charge in [-0.25, -0.2) is 4.98 Å². The van der Waals surface area contributed by atoms with E-state index < -0.39 is 0 Å². The van der Waals surface area contributed by atoms with Crippen molar-refractivity contribution in [1.82, 2.24) is 14.9 Å². The Bertz CT molecular complexity index is 1050. The first kappa shape index (κ1) is 16.5. The van der Waals surface area contributed by atoms with Crippen molar-refractivity contribution in [3.8, 4) is 5.69 Å². The molecule has 0 spiro atoms. The first-order valence-electron chi connectivity index (χ1n) is 8.50. The molecule has 0 aliphatic rings. The number of aromatic nitrogens is 2. The normalized spacial score (nSPS) is 11.0. The molecule has 0 radical (unpaired) electrons. The lowest BCUT2D eigenvalue weighted by atomic mass is 10.2. The van der Waals surface area contributed by atoms with Gasteiger partial charge < -0.3 is 9.88 Å². The smallest absolute Gasteiger partial charge is 0.253 e. The second kappa shape index (κ2) is 6.77. The molecule has 0 fully saturated rings. The number of hydrogen-bond donors (Lipinski definition) is 1. The van der Waals surface area contributed by atoms with Crippen LogP contribution in [0.1, 0.15) is 26.8 Å². The number of fused-ring (bicyclic) bond motifs is 1. The zero-order valence-electron chi connectivity index (χ0n) is 14.7. The molecule has 130 valence electrons. The van der Waals surface area contributed by atoms with Crippen molar-refractivity contribution in [2.24, 2.45) is 0 Å². The third-order valence-electron chi connectivity index (χ3n) is 4.43. The molecule has 0 unspecified atom stereocenters. The first-order valence-corrected chi connectivity index (χ1v) is 9.32. The number of aryl methyl sites for hydroxylation is 1. The van der Waals surface area contributed by atoms with E-state index in [9.17, 15) is 4.79 Å². The number of benzene rings is 2. The summed E-state index contributed by atoms with van der Waals surface area (Å²) in [7, 11) is 0. The molecular weight excluding hydrogens is 342 g/mol. The van der Waals surface area contributed by atoms with Crippen LogP contribution in [0.25, 0.3) is 15.9 Å². The van der Waals surface area contributed by atoms with Gasteiger partial charge in [-0.15, -0.1) is 11.3 Å². The van der Waals surface area contributed by atoms with Crippen LogP contribution in [0, 0.1) is 13.8 Å². The van der Waals surface area contributed by atoms with Crippen LogP contribution in [0.2, 0.25) is 0 Å². The minimum Gasteiger partial charge on any atom is -0.345 e. The number of nitrogens with zero attached hydrogens (tertiary/aromatic N) is 2. The van der Waals surface area contributed by atoms with E-state index in [1.165, 1.54) is 0 Å². The monoisotopic (exact) mass is 361 g/mol. The van der Waals surface area contributed by atoms with Crippen molar-refractivity contribution >= 4 is 27.5 Å². The minimum atomic E-state index is -0.0699. The highest BCUT2D eigenvalue weighted by Gasteiger charge is 2.17. The molecule has 0 bridgehead atoms. The Morgan fingerprint density at radius 1 is 1.08 bits per heavy atom. The van der Waals surface area contributed by atoms with Gasteiger partial charge in [-0.3, -0.25) is 4.79 Å². The molecule has 2 aromatic carbocycles. The van der Waals surface area contributed by atoms with E-state index in [2.05, 4.69) is 14.9 Å². The molecule has 1 N–H and O–H groups in total. The maximum atomic E-state index is 12.7. The van der Waals surface area contributed by atoms with Crippen LogP contribution in [-0.2, 0) is 6.54 Å². The Labute approximate surface area is 156 Å². The number of amides is 1. The molecule has 0 saturated heterocycles. The van der Waals surface area contributed by atoms with Crippen LogP contribution < -0.4 is 5.32 Å². The second-order valence-corrected chi connectivity index (χ2v) is 7.33. The Kier molecular flexibility index (Phi) is 4.31. The maximum Gasteiger partial charge on any atom is 0.253 e. The van der Waals surface area contributed by atoms with Gasteiger partial charge in [-0.1, -0.05) is 30.3 Å². The Morgan fingerprint density at radius 3 is 2.58 bits per heavy atom. The summed E-state index contributed by atoms with van der Waals surface area (Å²) in [5.41, 5.74) is 4.72. The SMILES string of the molecule is Cc1cc(C(=O)NCc2nc3ccccc3s2)c(C)n1-c1ccccc1. The van der Waals surface area contributed by atoms with E-state index in [1.54, 1.807) is 11.3 Å². The molecule has 26 heavy (non-hydrogen) atoms. The summed E-state index contributed by atoms with van der Waals surface area (Å²) < 4.78 is 3.24. The van der Waals surface area contributed by atoms with Gasteiger partial charge >= 0.3 is 0 Å². The van der Waals surface area contributed by atoms with Crippen LogP contribution >= 0.6 is 11.3 Å². The summed E-state index contributed by atoms with van der Waals surface area (Å²) in [6, 6.07) is 20.0. The van der Waals surface area contributed by atoms with Gasteiger partial charge in [-0.2, -0.15) is 0 Å². The van der Waals surface area contributed by atoms with Crippen LogP contribution in [0.4, 0.5) is 0 Å². The number of carbonyl (C=O) groups excluding carboxylic acids is 1. The number of para-hydroxylation sites is 2. The van der Waals surface area contributed by atoms with Crippen molar-refractivity contribution in [2.75, 3.05) is 0 Å². The summed E-state index contributed by atoms with van der Waals surface area (Å²) in [6.07, 6.45) is 0. The number of nitrogens with one attached hydrogen (secondary N) is 1. The number of thiazole rings is 1. The fraction of sp³-hybridized carbons (Fsp3) is 0.143. The molecular formula is C21H19N3OS. The van der Waals surface area contributed by atoms with E-state index in [0.29, 0.717) is 12.1 Å². The molecule has 1 amide bonds. The van der Waals surface area contributed by atoms with E-state index >= 15 is 0 Å². The largest absolute Gasteiger partial charge is 0.345 e. The summed E-state index contributed by atoms with van der Waals surface area (Å²) >= 11 is 1.61. The molecule has 2 heterocycles. The lowest BCUT2D eigenvalue weighted by molar-refractivity contribution is 0.0950. The predicted octanol–water partition coefficient (Wildman–Crippen LogP) is 4.63. The quantitative estimate of drug-likeness (QED) is 0.576. The van der Waals surface area contributed by atoms with Crippen LogP contribution in [0.5, 0.6) is 0 Å².